The largest absolute Gasteiger partial charge is 0.394 e. The molecule has 3 aromatic carbocycles. The highest BCUT2D eigenvalue weighted by Gasteiger charge is 2.72. The molecule has 4 heterocycles. The van der Waals surface area contributed by atoms with Gasteiger partial charge in [-0.25, -0.2) is 0 Å². The van der Waals surface area contributed by atoms with Crippen molar-refractivity contribution in [3.05, 3.63) is 120 Å². The van der Waals surface area contributed by atoms with Crippen molar-refractivity contribution in [1.82, 2.24) is 9.80 Å². The number of aliphatic hydroxyl groups excluding tert-OH is 1. The maximum absolute atomic E-state index is 15.0. The van der Waals surface area contributed by atoms with Crippen LogP contribution in [-0.4, -0.2) is 83.2 Å². The molecule has 2 saturated heterocycles. The van der Waals surface area contributed by atoms with Gasteiger partial charge in [0.15, 0.2) is 0 Å². The summed E-state index contributed by atoms with van der Waals surface area (Å²) in [7, 11) is 0. The number of nitrogens with zero attached hydrogens (tertiary/aromatic N) is 4. The summed E-state index contributed by atoms with van der Waals surface area (Å²) in [5, 5.41) is 10.8. The highest BCUT2D eigenvalue weighted by Crippen LogP contribution is 2.55. The van der Waals surface area contributed by atoms with Crippen LogP contribution in [0.2, 0.25) is 0 Å². The first-order chi connectivity index (χ1) is 23.4. The third-order valence-electron chi connectivity index (χ3n) is 10.4. The average molecular weight is 647 g/mol. The van der Waals surface area contributed by atoms with E-state index in [2.05, 4.69) is 18.7 Å². The Balaban J connectivity index is 1.31. The molecular weight excluding hydrogens is 604 g/mol. The van der Waals surface area contributed by atoms with Crippen LogP contribution in [-0.2, 0) is 25.7 Å². The van der Waals surface area contributed by atoms with Gasteiger partial charge in [0.25, 0.3) is 5.91 Å². The van der Waals surface area contributed by atoms with Crippen molar-refractivity contribution in [2.24, 2.45) is 11.8 Å². The lowest BCUT2D eigenvalue weighted by Crippen LogP contribution is -2.56. The number of likely N-dealkylation sites (tertiary alicyclic amines) is 1. The number of aliphatic hydroxyl groups is 1. The van der Waals surface area contributed by atoms with Crippen molar-refractivity contribution >= 4 is 29.1 Å². The number of ether oxygens (including phenoxy) is 1. The van der Waals surface area contributed by atoms with Crippen LogP contribution in [0.4, 0.5) is 11.4 Å². The van der Waals surface area contributed by atoms with Gasteiger partial charge in [0.2, 0.25) is 11.8 Å². The number of rotatable bonds is 9. The molecule has 1 unspecified atom stereocenters. The van der Waals surface area contributed by atoms with Crippen LogP contribution in [0.1, 0.15) is 31.0 Å². The second-order valence-corrected chi connectivity index (χ2v) is 12.9. The van der Waals surface area contributed by atoms with Gasteiger partial charge >= 0.3 is 0 Å². The summed E-state index contributed by atoms with van der Waals surface area (Å²) >= 11 is 0. The standard InChI is InChI=1S/C39H42N4O5/c1-3-40(4-2)29-18-20-30(21-19-29)42-24-12-22-39-34(37(46)43(35(39)38(42)47)31(26-44)28-15-9-6-10-16-28)33-32(48-39)17-11-23-41(36(33)45)25-27-13-7-5-8-14-27/h5-22,31-35,44H,3-4,23-26H2,1-2H3/t31-,32-,33+,34+,35?,39+/m1/s1. The molecule has 248 valence electrons. The Labute approximate surface area is 281 Å². The normalized spacial score (nSPS) is 27.0. The first kappa shape index (κ1) is 31.8. The number of carbonyl (C=O) groups excluding carboxylic acids is 3. The molecule has 0 aliphatic carbocycles. The lowest BCUT2D eigenvalue weighted by atomic mass is 9.77. The Morgan fingerprint density at radius 2 is 1.54 bits per heavy atom. The summed E-state index contributed by atoms with van der Waals surface area (Å²) in [5.41, 5.74) is 2.04. The van der Waals surface area contributed by atoms with Gasteiger partial charge in [0, 0.05) is 44.1 Å². The first-order valence-electron chi connectivity index (χ1n) is 16.9. The van der Waals surface area contributed by atoms with Crippen LogP contribution < -0.4 is 9.80 Å². The van der Waals surface area contributed by atoms with E-state index in [-0.39, 0.29) is 24.3 Å². The zero-order valence-corrected chi connectivity index (χ0v) is 27.4. The van der Waals surface area contributed by atoms with Gasteiger partial charge in [-0.3, -0.25) is 14.4 Å². The summed E-state index contributed by atoms with van der Waals surface area (Å²) in [4.78, 5) is 51.5. The fourth-order valence-corrected chi connectivity index (χ4v) is 8.10. The molecule has 6 atom stereocenters. The number of anilines is 2. The zero-order valence-electron chi connectivity index (χ0n) is 27.4. The molecule has 0 radical (unpaired) electrons. The summed E-state index contributed by atoms with van der Waals surface area (Å²) in [6.45, 7) is 6.59. The molecule has 4 aliphatic rings. The Hall–Kier alpha value is -4.73. The van der Waals surface area contributed by atoms with E-state index in [1.54, 1.807) is 9.80 Å². The van der Waals surface area contributed by atoms with E-state index in [1.807, 2.05) is 109 Å². The molecule has 2 fully saturated rings. The summed E-state index contributed by atoms with van der Waals surface area (Å²) in [6.07, 6.45) is 6.85. The Kier molecular flexibility index (Phi) is 8.66. The van der Waals surface area contributed by atoms with Gasteiger partial charge < -0.3 is 29.4 Å². The van der Waals surface area contributed by atoms with Gasteiger partial charge in [-0.05, 0) is 49.2 Å². The predicted molar refractivity (Wildman–Crippen MR) is 184 cm³/mol. The van der Waals surface area contributed by atoms with E-state index in [4.69, 9.17) is 4.74 Å². The first-order valence-corrected chi connectivity index (χ1v) is 16.9. The van der Waals surface area contributed by atoms with Gasteiger partial charge in [0.1, 0.15) is 11.6 Å². The third-order valence-corrected chi connectivity index (χ3v) is 10.4. The van der Waals surface area contributed by atoms with Crippen LogP contribution in [0.5, 0.6) is 0 Å². The maximum Gasteiger partial charge on any atom is 0.253 e. The number of hydrogen-bond donors (Lipinski definition) is 1. The summed E-state index contributed by atoms with van der Waals surface area (Å²) < 4.78 is 6.86. The second-order valence-electron chi connectivity index (χ2n) is 12.9. The molecule has 7 rings (SSSR count). The van der Waals surface area contributed by atoms with Crippen molar-refractivity contribution in [1.29, 1.82) is 0 Å². The van der Waals surface area contributed by atoms with Crippen molar-refractivity contribution < 1.29 is 24.2 Å². The van der Waals surface area contributed by atoms with E-state index in [0.29, 0.717) is 24.3 Å². The highest BCUT2D eigenvalue weighted by molar-refractivity contribution is 6.06. The minimum Gasteiger partial charge on any atom is -0.394 e. The van der Waals surface area contributed by atoms with Gasteiger partial charge in [-0.2, -0.15) is 0 Å². The van der Waals surface area contributed by atoms with Gasteiger partial charge in [-0.15, -0.1) is 0 Å². The molecule has 3 aromatic rings. The molecule has 4 aliphatic heterocycles. The van der Waals surface area contributed by atoms with E-state index in [9.17, 15) is 19.5 Å². The number of amides is 3. The number of hydrogen-bond acceptors (Lipinski definition) is 6. The van der Waals surface area contributed by atoms with E-state index in [0.717, 1.165) is 24.3 Å². The smallest absolute Gasteiger partial charge is 0.253 e. The summed E-state index contributed by atoms with van der Waals surface area (Å²) in [5.74, 6) is -2.65. The molecule has 0 aromatic heterocycles. The molecule has 0 bridgehead atoms. The van der Waals surface area contributed by atoms with E-state index >= 15 is 0 Å². The van der Waals surface area contributed by atoms with Crippen molar-refractivity contribution in [2.75, 3.05) is 42.6 Å². The molecule has 3 amide bonds. The van der Waals surface area contributed by atoms with Crippen LogP contribution >= 0.6 is 0 Å². The predicted octanol–water partition coefficient (Wildman–Crippen LogP) is 4.35. The maximum atomic E-state index is 15.0. The quantitative estimate of drug-likeness (QED) is 0.348. The number of benzene rings is 3. The average Bonchev–Trinajstić information content (AvgIpc) is 3.44. The number of fused-ring (bicyclic) bond motifs is 2. The Morgan fingerprint density at radius 1 is 0.854 bits per heavy atom. The summed E-state index contributed by atoms with van der Waals surface area (Å²) in [6, 6.07) is 25.0. The molecule has 1 spiro atoms. The Bertz CT molecular complexity index is 1710. The van der Waals surface area contributed by atoms with Crippen LogP contribution in [0.15, 0.2) is 109 Å². The zero-order chi connectivity index (χ0) is 33.4. The Morgan fingerprint density at radius 3 is 2.21 bits per heavy atom. The molecule has 1 N–H and O–H groups in total. The molecule has 48 heavy (non-hydrogen) atoms. The lowest BCUT2D eigenvalue weighted by molar-refractivity contribution is -0.147. The SMILES string of the molecule is CCN(CC)c1ccc(N2CC=C[C@]34O[C@@H]5C=CCN(Cc6ccccc6)C(=O)[C@@H]5[C@H]3C(=O)N([C@H](CO)c3ccccc3)C4C2=O)cc1. The van der Waals surface area contributed by atoms with Crippen LogP contribution in [0, 0.1) is 11.8 Å². The fraction of sp³-hybridized carbons (Fsp3) is 0.359. The minimum atomic E-state index is -1.41. The van der Waals surface area contributed by atoms with Crippen molar-refractivity contribution in [3.8, 4) is 0 Å². The topological polar surface area (TPSA) is 93.6 Å². The van der Waals surface area contributed by atoms with Crippen molar-refractivity contribution in [3.63, 3.8) is 0 Å². The highest BCUT2D eigenvalue weighted by atomic mass is 16.5. The van der Waals surface area contributed by atoms with Gasteiger partial charge in [0.05, 0.1) is 30.6 Å². The van der Waals surface area contributed by atoms with Gasteiger partial charge in [-0.1, -0.05) is 85.0 Å². The van der Waals surface area contributed by atoms with E-state index in [1.165, 1.54) is 4.90 Å². The molecule has 9 heteroatoms. The minimum absolute atomic E-state index is 0.182. The fourth-order valence-electron chi connectivity index (χ4n) is 8.10. The second kappa shape index (κ2) is 13.1. The van der Waals surface area contributed by atoms with Crippen LogP contribution in [0.3, 0.4) is 0 Å². The van der Waals surface area contributed by atoms with E-state index < -0.39 is 42.2 Å². The number of carbonyl (C=O) groups is 3. The molecular formula is C39H42N4O5. The van der Waals surface area contributed by atoms with Crippen LogP contribution in [0.25, 0.3) is 0 Å². The third kappa shape index (κ3) is 5.22. The van der Waals surface area contributed by atoms with Crippen molar-refractivity contribution in [2.45, 2.75) is 44.2 Å². The molecule has 9 nitrogen and oxygen atoms in total. The monoisotopic (exact) mass is 646 g/mol. The molecule has 0 saturated carbocycles. The lowest BCUT2D eigenvalue weighted by Gasteiger charge is -2.38.